The molecule has 2 rings (SSSR count). The molecule has 0 fully saturated rings. The van der Waals surface area contributed by atoms with Gasteiger partial charge in [-0.15, -0.1) is 0 Å². The highest BCUT2D eigenvalue weighted by molar-refractivity contribution is 5.89. The molecule has 0 unspecified atom stereocenters. The number of aromatic nitrogens is 1. The van der Waals surface area contributed by atoms with Crippen molar-refractivity contribution in [3.8, 4) is 11.5 Å². The Morgan fingerprint density at radius 1 is 0.958 bits per heavy atom. The molecule has 0 radical (unpaired) electrons. The van der Waals surface area contributed by atoms with Gasteiger partial charge in [0, 0.05) is 11.1 Å². The molecule has 0 aliphatic carbocycles. The van der Waals surface area contributed by atoms with E-state index in [0.29, 0.717) is 30.2 Å². The first-order valence-corrected chi connectivity index (χ1v) is 8.88. The molecule has 3 N–H and O–H groups in total. The fraction of sp³-hybridized carbons (Fsp3) is 0.526. The SMILES string of the molecule is CCCCCCOc1c(OCCCC)c(=O)[nH]c2cc(N)ccc12. The third kappa shape index (κ3) is 4.66. The van der Waals surface area contributed by atoms with Crippen molar-refractivity contribution >= 4 is 16.6 Å². The Kier molecular flexibility index (Phi) is 6.97. The lowest BCUT2D eigenvalue weighted by Gasteiger charge is -2.14. The number of benzene rings is 1. The number of aromatic amines is 1. The van der Waals surface area contributed by atoms with Crippen LogP contribution in [0, 0.1) is 0 Å². The lowest BCUT2D eigenvalue weighted by molar-refractivity contribution is 0.260. The average Bonchev–Trinajstić information content (AvgIpc) is 2.56. The summed E-state index contributed by atoms with van der Waals surface area (Å²) >= 11 is 0. The summed E-state index contributed by atoms with van der Waals surface area (Å²) in [5, 5.41) is 0.825. The molecular weight excluding hydrogens is 304 g/mol. The number of H-pyrrole nitrogens is 1. The first-order chi connectivity index (χ1) is 11.7. The van der Waals surface area contributed by atoms with Crippen LogP contribution in [0.15, 0.2) is 23.0 Å². The van der Waals surface area contributed by atoms with Crippen LogP contribution in [0.3, 0.4) is 0 Å². The minimum atomic E-state index is -0.271. The normalized spacial score (nSPS) is 10.9. The van der Waals surface area contributed by atoms with Crippen molar-refractivity contribution in [2.45, 2.75) is 52.4 Å². The maximum Gasteiger partial charge on any atom is 0.294 e. The van der Waals surface area contributed by atoms with Gasteiger partial charge in [0.25, 0.3) is 5.56 Å². The maximum atomic E-state index is 12.4. The predicted octanol–water partition coefficient (Wildman–Crippen LogP) is 4.25. The van der Waals surface area contributed by atoms with Gasteiger partial charge >= 0.3 is 0 Å². The number of fused-ring (bicyclic) bond motifs is 1. The van der Waals surface area contributed by atoms with Crippen LogP contribution in [0.5, 0.6) is 11.5 Å². The summed E-state index contributed by atoms with van der Waals surface area (Å²) in [6.45, 7) is 5.34. The predicted molar refractivity (Wildman–Crippen MR) is 99.0 cm³/mol. The standard InChI is InChI=1S/C19H28N2O3/c1-3-5-7-8-12-23-17-15-10-9-14(20)13-16(15)21-19(22)18(17)24-11-6-4-2/h9-10,13H,3-8,11-12,20H2,1-2H3,(H,21,22). The molecule has 0 spiro atoms. The lowest BCUT2D eigenvalue weighted by atomic mass is 10.1. The number of pyridine rings is 1. The molecule has 0 saturated carbocycles. The summed E-state index contributed by atoms with van der Waals surface area (Å²) in [6, 6.07) is 5.42. The molecule has 0 saturated heterocycles. The van der Waals surface area contributed by atoms with E-state index >= 15 is 0 Å². The molecule has 0 bridgehead atoms. The number of nitrogen functional groups attached to an aromatic ring is 1. The smallest absolute Gasteiger partial charge is 0.294 e. The second-order valence-corrected chi connectivity index (χ2v) is 6.03. The van der Waals surface area contributed by atoms with Gasteiger partial charge in [-0.05, 0) is 31.0 Å². The first kappa shape index (κ1) is 18.2. The number of nitrogens with one attached hydrogen (secondary N) is 1. The monoisotopic (exact) mass is 332 g/mol. The van der Waals surface area contributed by atoms with Crippen molar-refractivity contribution < 1.29 is 9.47 Å². The first-order valence-electron chi connectivity index (χ1n) is 8.88. The Balaban J connectivity index is 2.30. The van der Waals surface area contributed by atoms with E-state index in [1.54, 1.807) is 12.1 Å². The van der Waals surface area contributed by atoms with Crippen molar-refractivity contribution in [3.05, 3.63) is 28.6 Å². The number of hydrogen-bond acceptors (Lipinski definition) is 4. The molecular formula is C19H28N2O3. The Morgan fingerprint density at radius 3 is 2.42 bits per heavy atom. The molecule has 2 aromatic rings. The van der Waals surface area contributed by atoms with E-state index in [2.05, 4.69) is 18.8 Å². The van der Waals surface area contributed by atoms with Crippen molar-refractivity contribution in [1.29, 1.82) is 0 Å². The minimum absolute atomic E-state index is 0.271. The van der Waals surface area contributed by atoms with E-state index in [1.807, 2.05) is 6.07 Å². The van der Waals surface area contributed by atoms with E-state index in [4.69, 9.17) is 15.2 Å². The number of rotatable bonds is 10. The molecule has 5 heteroatoms. The highest BCUT2D eigenvalue weighted by Gasteiger charge is 2.16. The minimum Gasteiger partial charge on any atom is -0.489 e. The lowest BCUT2D eigenvalue weighted by Crippen LogP contribution is -2.15. The fourth-order valence-corrected chi connectivity index (χ4v) is 2.56. The fourth-order valence-electron chi connectivity index (χ4n) is 2.56. The zero-order valence-electron chi connectivity index (χ0n) is 14.7. The topological polar surface area (TPSA) is 77.3 Å². The van der Waals surface area contributed by atoms with Crippen LogP contribution < -0.4 is 20.8 Å². The van der Waals surface area contributed by atoms with Crippen molar-refractivity contribution in [2.24, 2.45) is 0 Å². The third-order valence-electron chi connectivity index (χ3n) is 3.94. The molecule has 0 aliphatic heterocycles. The number of hydrogen-bond donors (Lipinski definition) is 2. The molecule has 1 heterocycles. The zero-order chi connectivity index (χ0) is 17.4. The summed E-state index contributed by atoms with van der Waals surface area (Å²) in [5.74, 6) is 0.803. The summed E-state index contributed by atoms with van der Waals surface area (Å²) in [4.78, 5) is 15.2. The van der Waals surface area contributed by atoms with Crippen LogP contribution in [0.25, 0.3) is 10.9 Å². The second-order valence-electron chi connectivity index (χ2n) is 6.03. The largest absolute Gasteiger partial charge is 0.489 e. The van der Waals surface area contributed by atoms with E-state index in [-0.39, 0.29) is 11.3 Å². The molecule has 0 aliphatic rings. The van der Waals surface area contributed by atoms with Crippen LogP contribution in [-0.2, 0) is 0 Å². The molecule has 1 aromatic carbocycles. The van der Waals surface area contributed by atoms with Gasteiger partial charge in [0.05, 0.1) is 18.7 Å². The third-order valence-corrected chi connectivity index (χ3v) is 3.94. The average molecular weight is 332 g/mol. The number of unbranched alkanes of at least 4 members (excludes halogenated alkanes) is 4. The van der Waals surface area contributed by atoms with Crippen molar-refractivity contribution in [1.82, 2.24) is 4.98 Å². The maximum absolute atomic E-state index is 12.4. The summed E-state index contributed by atoms with van der Waals surface area (Å²) in [7, 11) is 0. The quantitative estimate of drug-likeness (QED) is 0.504. The van der Waals surface area contributed by atoms with Crippen LogP contribution in [0.4, 0.5) is 5.69 Å². The summed E-state index contributed by atoms with van der Waals surface area (Å²) in [5.41, 5.74) is 6.83. The van der Waals surface area contributed by atoms with E-state index in [9.17, 15) is 4.79 Å². The van der Waals surface area contributed by atoms with Gasteiger partial charge in [0.1, 0.15) is 0 Å². The Bertz CT molecular complexity index is 710. The highest BCUT2D eigenvalue weighted by atomic mass is 16.5. The van der Waals surface area contributed by atoms with Crippen LogP contribution in [0.2, 0.25) is 0 Å². The number of nitrogens with two attached hydrogens (primary N) is 1. The van der Waals surface area contributed by atoms with Gasteiger partial charge in [-0.25, -0.2) is 0 Å². The molecule has 0 amide bonds. The van der Waals surface area contributed by atoms with Gasteiger partial charge in [-0.3, -0.25) is 4.79 Å². The molecule has 0 atom stereocenters. The Morgan fingerprint density at radius 2 is 1.67 bits per heavy atom. The molecule has 132 valence electrons. The van der Waals surface area contributed by atoms with Crippen molar-refractivity contribution in [3.63, 3.8) is 0 Å². The van der Waals surface area contributed by atoms with Gasteiger partial charge < -0.3 is 20.2 Å². The summed E-state index contributed by atoms with van der Waals surface area (Å²) in [6.07, 6.45) is 6.36. The molecule has 5 nitrogen and oxygen atoms in total. The van der Waals surface area contributed by atoms with Crippen molar-refractivity contribution in [2.75, 3.05) is 18.9 Å². The molecule has 24 heavy (non-hydrogen) atoms. The van der Waals surface area contributed by atoms with E-state index < -0.39 is 0 Å². The number of ether oxygens (including phenoxy) is 2. The Labute approximate surface area is 143 Å². The van der Waals surface area contributed by atoms with E-state index in [1.165, 1.54) is 12.8 Å². The van der Waals surface area contributed by atoms with Gasteiger partial charge in [0.2, 0.25) is 5.75 Å². The molecule has 1 aromatic heterocycles. The van der Waals surface area contributed by atoms with Gasteiger partial charge in [-0.1, -0.05) is 39.5 Å². The summed E-state index contributed by atoms with van der Waals surface area (Å²) < 4.78 is 11.7. The van der Waals surface area contributed by atoms with Gasteiger partial charge in [-0.2, -0.15) is 0 Å². The highest BCUT2D eigenvalue weighted by Crippen LogP contribution is 2.32. The van der Waals surface area contributed by atoms with Crippen LogP contribution in [-0.4, -0.2) is 18.2 Å². The van der Waals surface area contributed by atoms with E-state index in [0.717, 1.165) is 31.1 Å². The van der Waals surface area contributed by atoms with Gasteiger partial charge in [0.15, 0.2) is 5.75 Å². The van der Waals surface area contributed by atoms with Crippen LogP contribution >= 0.6 is 0 Å². The van der Waals surface area contributed by atoms with Crippen LogP contribution in [0.1, 0.15) is 52.4 Å². The zero-order valence-corrected chi connectivity index (χ0v) is 14.7. The number of anilines is 1. The Hall–Kier alpha value is -2.17. The second kappa shape index (κ2) is 9.21.